The SMILES string of the molecule is Cc1ccc(-n2c(SCC(=O)Nc3c(C)cc(C)cc3Cl)nnc2-c2ccccc2F)cc1. The Kier molecular flexibility index (Phi) is 6.81. The average molecular weight is 481 g/mol. The topological polar surface area (TPSA) is 59.8 Å². The van der Waals surface area contributed by atoms with Crippen molar-refractivity contribution in [1.29, 1.82) is 0 Å². The van der Waals surface area contributed by atoms with Gasteiger partial charge in [0.25, 0.3) is 0 Å². The van der Waals surface area contributed by atoms with Gasteiger partial charge in [0.15, 0.2) is 11.0 Å². The first-order valence-electron chi connectivity index (χ1n) is 10.3. The third-order valence-corrected chi connectivity index (χ3v) is 6.30. The maximum absolute atomic E-state index is 14.5. The minimum absolute atomic E-state index is 0.0882. The molecule has 0 aliphatic rings. The van der Waals surface area contributed by atoms with Gasteiger partial charge in [-0.25, -0.2) is 4.39 Å². The van der Waals surface area contributed by atoms with Crippen LogP contribution < -0.4 is 5.32 Å². The molecule has 33 heavy (non-hydrogen) atoms. The number of hydrogen-bond donors (Lipinski definition) is 1. The van der Waals surface area contributed by atoms with Crippen molar-refractivity contribution in [3.05, 3.63) is 88.2 Å². The highest BCUT2D eigenvalue weighted by Crippen LogP contribution is 2.31. The number of rotatable bonds is 6. The molecule has 0 saturated heterocycles. The standard InChI is InChI=1S/C25H22ClFN4OS/c1-15-8-10-18(11-9-15)31-24(19-6-4-5-7-21(19)27)29-30-25(31)33-14-22(32)28-23-17(3)12-16(2)13-20(23)26/h4-13H,14H2,1-3H3,(H,28,32). The van der Waals surface area contributed by atoms with Crippen LogP contribution in [0.4, 0.5) is 10.1 Å². The van der Waals surface area contributed by atoms with E-state index in [-0.39, 0.29) is 11.7 Å². The molecule has 0 radical (unpaired) electrons. The first-order chi connectivity index (χ1) is 15.8. The molecule has 8 heteroatoms. The number of carbonyl (C=O) groups excluding carboxylic acids is 1. The predicted molar refractivity (Wildman–Crippen MR) is 132 cm³/mol. The van der Waals surface area contributed by atoms with Crippen LogP contribution in [0.15, 0.2) is 65.8 Å². The van der Waals surface area contributed by atoms with Crippen LogP contribution in [-0.2, 0) is 4.79 Å². The molecule has 4 rings (SSSR count). The summed E-state index contributed by atoms with van der Waals surface area (Å²) in [7, 11) is 0. The highest BCUT2D eigenvalue weighted by atomic mass is 35.5. The van der Waals surface area contributed by atoms with E-state index in [4.69, 9.17) is 11.6 Å². The third kappa shape index (κ3) is 5.10. The summed E-state index contributed by atoms with van der Waals surface area (Å²) in [6, 6.07) is 18.0. The molecule has 0 saturated carbocycles. The molecule has 0 fully saturated rings. The number of amides is 1. The minimum Gasteiger partial charge on any atom is -0.324 e. The van der Waals surface area contributed by atoms with Gasteiger partial charge in [0, 0.05) is 5.69 Å². The third-order valence-electron chi connectivity index (χ3n) is 5.07. The Morgan fingerprint density at radius 3 is 2.45 bits per heavy atom. The van der Waals surface area contributed by atoms with E-state index in [2.05, 4.69) is 15.5 Å². The van der Waals surface area contributed by atoms with Crippen molar-refractivity contribution in [1.82, 2.24) is 14.8 Å². The smallest absolute Gasteiger partial charge is 0.234 e. The number of hydrogen-bond acceptors (Lipinski definition) is 4. The summed E-state index contributed by atoms with van der Waals surface area (Å²) >= 11 is 7.54. The molecule has 1 N–H and O–H groups in total. The largest absolute Gasteiger partial charge is 0.324 e. The number of halogens is 2. The van der Waals surface area contributed by atoms with Gasteiger partial charge in [0.05, 0.1) is 22.0 Å². The Morgan fingerprint density at radius 2 is 1.76 bits per heavy atom. The van der Waals surface area contributed by atoms with Crippen molar-refractivity contribution in [2.75, 3.05) is 11.1 Å². The van der Waals surface area contributed by atoms with Crippen LogP contribution in [0.25, 0.3) is 17.1 Å². The van der Waals surface area contributed by atoms with E-state index < -0.39 is 5.82 Å². The van der Waals surface area contributed by atoms with Crippen LogP contribution in [0.1, 0.15) is 16.7 Å². The monoisotopic (exact) mass is 480 g/mol. The lowest BCUT2D eigenvalue weighted by atomic mass is 10.1. The molecule has 0 atom stereocenters. The maximum atomic E-state index is 14.5. The van der Waals surface area contributed by atoms with Crippen LogP contribution in [0.2, 0.25) is 5.02 Å². The number of aryl methyl sites for hydroxylation is 3. The molecule has 5 nitrogen and oxygen atoms in total. The Morgan fingerprint density at radius 1 is 1.03 bits per heavy atom. The summed E-state index contributed by atoms with van der Waals surface area (Å²) < 4.78 is 16.3. The Balaban J connectivity index is 1.62. The minimum atomic E-state index is -0.392. The first-order valence-corrected chi connectivity index (χ1v) is 11.7. The van der Waals surface area contributed by atoms with Crippen LogP contribution in [0.3, 0.4) is 0 Å². The zero-order valence-corrected chi connectivity index (χ0v) is 20.0. The fraction of sp³-hybridized carbons (Fsp3) is 0.160. The molecule has 0 aliphatic carbocycles. The van der Waals surface area contributed by atoms with Crippen molar-refractivity contribution in [2.45, 2.75) is 25.9 Å². The van der Waals surface area contributed by atoms with Crippen molar-refractivity contribution in [3.8, 4) is 17.1 Å². The highest BCUT2D eigenvalue weighted by Gasteiger charge is 2.20. The van der Waals surface area contributed by atoms with E-state index in [1.807, 2.05) is 57.2 Å². The van der Waals surface area contributed by atoms with E-state index in [0.29, 0.717) is 27.3 Å². The lowest BCUT2D eigenvalue weighted by molar-refractivity contribution is -0.113. The zero-order valence-electron chi connectivity index (χ0n) is 18.4. The number of thioether (sulfide) groups is 1. The number of carbonyl (C=O) groups is 1. The van der Waals surface area contributed by atoms with Crippen molar-refractivity contribution in [2.24, 2.45) is 0 Å². The molecule has 1 heterocycles. The van der Waals surface area contributed by atoms with Gasteiger partial charge in [0.2, 0.25) is 5.91 Å². The average Bonchev–Trinajstić information content (AvgIpc) is 3.19. The molecule has 1 aromatic heterocycles. The number of nitrogens with zero attached hydrogens (tertiary/aromatic N) is 3. The van der Waals surface area contributed by atoms with Gasteiger partial charge in [-0.1, -0.05) is 59.3 Å². The van der Waals surface area contributed by atoms with Crippen molar-refractivity contribution >= 4 is 35.0 Å². The fourth-order valence-corrected chi connectivity index (χ4v) is 4.61. The summed E-state index contributed by atoms with van der Waals surface area (Å²) in [4.78, 5) is 12.7. The van der Waals surface area contributed by atoms with Crippen LogP contribution in [-0.4, -0.2) is 26.4 Å². The van der Waals surface area contributed by atoms with Gasteiger partial charge in [-0.2, -0.15) is 0 Å². The Labute approximate surface area is 201 Å². The quantitative estimate of drug-likeness (QED) is 0.325. The predicted octanol–water partition coefficient (Wildman–Crippen LogP) is 6.38. The second-order valence-electron chi connectivity index (χ2n) is 7.73. The first kappa shape index (κ1) is 23.0. The Hall–Kier alpha value is -3.16. The van der Waals surface area contributed by atoms with Gasteiger partial charge in [-0.05, 0) is 62.2 Å². The summed E-state index contributed by atoms with van der Waals surface area (Å²) in [6.07, 6.45) is 0. The van der Waals surface area contributed by atoms with Crippen LogP contribution in [0, 0.1) is 26.6 Å². The van der Waals surface area contributed by atoms with Gasteiger partial charge in [-0.3, -0.25) is 9.36 Å². The molecule has 3 aromatic carbocycles. The van der Waals surface area contributed by atoms with Crippen molar-refractivity contribution < 1.29 is 9.18 Å². The molecule has 4 aromatic rings. The van der Waals surface area contributed by atoms with Crippen LogP contribution >= 0.6 is 23.4 Å². The van der Waals surface area contributed by atoms with Gasteiger partial charge < -0.3 is 5.32 Å². The normalized spacial score (nSPS) is 10.9. The molecule has 0 unspecified atom stereocenters. The second-order valence-corrected chi connectivity index (χ2v) is 9.08. The maximum Gasteiger partial charge on any atom is 0.234 e. The molecule has 0 aliphatic heterocycles. The van der Waals surface area contributed by atoms with E-state index in [0.717, 1.165) is 22.4 Å². The summed E-state index contributed by atoms with van der Waals surface area (Å²) in [5, 5.41) is 12.4. The molecular weight excluding hydrogens is 459 g/mol. The second kappa shape index (κ2) is 9.77. The molecule has 0 spiro atoms. The van der Waals surface area contributed by atoms with E-state index >= 15 is 0 Å². The molecule has 1 amide bonds. The molecular formula is C25H22ClFN4OS. The van der Waals surface area contributed by atoms with E-state index in [1.165, 1.54) is 17.8 Å². The van der Waals surface area contributed by atoms with Gasteiger partial charge in [0.1, 0.15) is 5.82 Å². The molecule has 0 bridgehead atoms. The van der Waals surface area contributed by atoms with Crippen molar-refractivity contribution in [3.63, 3.8) is 0 Å². The van der Waals surface area contributed by atoms with Gasteiger partial charge in [-0.15, -0.1) is 10.2 Å². The highest BCUT2D eigenvalue weighted by molar-refractivity contribution is 7.99. The lowest BCUT2D eigenvalue weighted by Gasteiger charge is -2.13. The summed E-state index contributed by atoms with van der Waals surface area (Å²) in [5.41, 5.74) is 4.73. The number of aromatic nitrogens is 3. The summed E-state index contributed by atoms with van der Waals surface area (Å²) in [6.45, 7) is 5.84. The van der Waals surface area contributed by atoms with Gasteiger partial charge >= 0.3 is 0 Å². The number of anilines is 1. The Bertz CT molecular complexity index is 1300. The molecule has 168 valence electrons. The fourth-order valence-electron chi connectivity index (χ4n) is 3.49. The van der Waals surface area contributed by atoms with E-state index in [1.54, 1.807) is 22.8 Å². The van der Waals surface area contributed by atoms with E-state index in [9.17, 15) is 9.18 Å². The summed E-state index contributed by atoms with van der Waals surface area (Å²) in [5.74, 6) is -0.153. The van der Waals surface area contributed by atoms with Crippen LogP contribution in [0.5, 0.6) is 0 Å². The lowest BCUT2D eigenvalue weighted by Crippen LogP contribution is -2.16. The number of benzene rings is 3. The zero-order chi connectivity index (χ0) is 23.5. The number of nitrogens with one attached hydrogen (secondary N) is 1.